The van der Waals surface area contributed by atoms with E-state index in [4.69, 9.17) is 0 Å². The third-order valence-corrected chi connectivity index (χ3v) is 12.7. The Hall–Kier alpha value is -6.78. The van der Waals surface area contributed by atoms with E-state index in [2.05, 4.69) is 217 Å². The van der Waals surface area contributed by atoms with Crippen LogP contribution in [0.4, 0.5) is 0 Å². The van der Waals surface area contributed by atoms with Gasteiger partial charge in [-0.15, -0.1) is 11.3 Å². The molecule has 57 heavy (non-hydrogen) atoms. The van der Waals surface area contributed by atoms with Crippen LogP contribution < -0.4 is 10.6 Å². The maximum Gasteiger partial charge on any atom is 0.104 e. The molecule has 2 heterocycles. The van der Waals surface area contributed by atoms with Crippen molar-refractivity contribution in [3.05, 3.63) is 223 Å². The molecule has 11 rings (SSSR count). The number of nitrogens with one attached hydrogen (secondary N) is 2. The second-order valence-electron chi connectivity index (χ2n) is 15.0. The van der Waals surface area contributed by atoms with Crippen molar-refractivity contribution in [2.75, 3.05) is 0 Å². The van der Waals surface area contributed by atoms with Gasteiger partial charge in [-0.25, -0.2) is 0 Å². The van der Waals surface area contributed by atoms with Gasteiger partial charge < -0.3 is 5.32 Å². The van der Waals surface area contributed by atoms with Crippen molar-refractivity contribution in [1.82, 2.24) is 10.6 Å². The van der Waals surface area contributed by atoms with E-state index >= 15 is 0 Å². The summed E-state index contributed by atoms with van der Waals surface area (Å²) in [7, 11) is 0. The first-order valence-electron chi connectivity index (χ1n) is 19.7. The molecule has 3 heteroatoms. The summed E-state index contributed by atoms with van der Waals surface area (Å²) in [5, 5.41) is 16.8. The number of rotatable bonds is 6. The highest BCUT2D eigenvalue weighted by Gasteiger charge is 2.26. The number of hydrogen-bond acceptors (Lipinski definition) is 3. The van der Waals surface area contributed by atoms with Crippen LogP contribution in [-0.2, 0) is 0 Å². The van der Waals surface area contributed by atoms with Gasteiger partial charge in [0.2, 0.25) is 0 Å². The molecule has 2 N–H and O–H groups in total. The summed E-state index contributed by atoms with van der Waals surface area (Å²) in [5.41, 5.74) is 10.9. The highest BCUT2D eigenvalue weighted by atomic mass is 32.1. The molecule has 0 radical (unpaired) electrons. The first kappa shape index (κ1) is 33.5. The Balaban J connectivity index is 1.00. The molecule has 0 bridgehead atoms. The average molecular weight is 747 g/mol. The first-order valence-corrected chi connectivity index (χ1v) is 20.5. The first-order chi connectivity index (χ1) is 28.2. The summed E-state index contributed by atoms with van der Waals surface area (Å²) in [4.78, 5) is 1.27. The fraction of sp³-hybridized carbons (Fsp3) is 0.0370. The molecule has 1 aromatic heterocycles. The van der Waals surface area contributed by atoms with Gasteiger partial charge in [0.05, 0.1) is 6.04 Å². The molecule has 1 aliphatic heterocycles. The largest absolute Gasteiger partial charge is 0.366 e. The average Bonchev–Trinajstić information content (AvgIpc) is 3.73. The van der Waals surface area contributed by atoms with Crippen molar-refractivity contribution >= 4 is 59.4 Å². The zero-order chi connectivity index (χ0) is 37.7. The lowest BCUT2D eigenvalue weighted by Crippen LogP contribution is -2.39. The van der Waals surface area contributed by atoms with Gasteiger partial charge in [-0.1, -0.05) is 182 Å². The zero-order valence-electron chi connectivity index (χ0n) is 31.2. The third-order valence-electron chi connectivity index (χ3n) is 11.6. The summed E-state index contributed by atoms with van der Waals surface area (Å²) in [5.74, 6) is 0. The van der Waals surface area contributed by atoms with Crippen LogP contribution in [0, 0.1) is 0 Å². The van der Waals surface area contributed by atoms with Crippen molar-refractivity contribution in [3.63, 3.8) is 0 Å². The van der Waals surface area contributed by atoms with Crippen LogP contribution in [-0.4, -0.2) is 0 Å². The highest BCUT2D eigenvalue weighted by molar-refractivity contribution is 7.22. The molecular weight excluding hydrogens is 709 g/mol. The molecule has 270 valence electrons. The molecule has 0 saturated heterocycles. The van der Waals surface area contributed by atoms with Gasteiger partial charge >= 0.3 is 0 Å². The smallest absolute Gasteiger partial charge is 0.104 e. The topological polar surface area (TPSA) is 24.1 Å². The van der Waals surface area contributed by atoms with Crippen LogP contribution >= 0.6 is 11.3 Å². The van der Waals surface area contributed by atoms with Gasteiger partial charge in [0.1, 0.15) is 6.17 Å². The van der Waals surface area contributed by atoms with Crippen molar-refractivity contribution in [3.8, 4) is 32.7 Å². The molecule has 2 nitrogen and oxygen atoms in total. The second-order valence-corrected chi connectivity index (χ2v) is 16.0. The maximum atomic E-state index is 3.98. The van der Waals surface area contributed by atoms with Gasteiger partial charge in [-0.3, -0.25) is 5.32 Å². The Morgan fingerprint density at radius 2 is 1.04 bits per heavy atom. The molecular formula is C54H38N2S. The lowest BCUT2D eigenvalue weighted by molar-refractivity contribution is 0.443. The molecule has 0 aliphatic carbocycles. The minimum absolute atomic E-state index is 0.0125. The lowest BCUT2D eigenvalue weighted by atomic mass is 9.89. The Kier molecular flexibility index (Phi) is 8.28. The van der Waals surface area contributed by atoms with E-state index in [1.807, 2.05) is 11.3 Å². The standard InChI is InChI=1S/C54H38N2S/c1-2-12-35(13-3-1)36-22-24-38(25-23-36)49-34-50(45-19-9-10-20-46(45)52-33-42-16-6-11-21-51(42)57-52)56-54(55-49)40-28-26-39(27-29-40)53-44-18-8-5-15-41(44)32-48-43-17-7-4-14-37(43)30-31-47(48)53/h1-34,49,54-56H. The van der Waals surface area contributed by atoms with E-state index in [9.17, 15) is 0 Å². The van der Waals surface area contributed by atoms with Crippen LogP contribution in [0.25, 0.3) is 80.8 Å². The van der Waals surface area contributed by atoms with Gasteiger partial charge in [0.25, 0.3) is 0 Å². The molecule has 10 aromatic rings. The summed E-state index contributed by atoms with van der Waals surface area (Å²) in [6, 6.07) is 73.1. The molecule has 2 unspecified atom stereocenters. The Labute approximate surface area is 336 Å². The van der Waals surface area contributed by atoms with E-state index in [0.29, 0.717) is 0 Å². The predicted octanol–water partition coefficient (Wildman–Crippen LogP) is 14.3. The molecule has 2 atom stereocenters. The van der Waals surface area contributed by atoms with Gasteiger partial charge in [0, 0.05) is 26.4 Å². The van der Waals surface area contributed by atoms with Crippen LogP contribution in [0.3, 0.4) is 0 Å². The van der Waals surface area contributed by atoms with Gasteiger partial charge in [0.15, 0.2) is 0 Å². The number of fused-ring (bicyclic) bond motifs is 5. The molecule has 0 spiro atoms. The van der Waals surface area contributed by atoms with Crippen molar-refractivity contribution in [2.45, 2.75) is 12.2 Å². The van der Waals surface area contributed by atoms with Crippen LogP contribution in [0.2, 0.25) is 0 Å². The van der Waals surface area contributed by atoms with Gasteiger partial charge in [-0.05, 0) is 95.4 Å². The third kappa shape index (κ3) is 6.09. The lowest BCUT2D eigenvalue weighted by Gasteiger charge is -2.34. The van der Waals surface area contributed by atoms with Crippen LogP contribution in [0.5, 0.6) is 0 Å². The van der Waals surface area contributed by atoms with E-state index in [0.717, 1.165) is 5.70 Å². The van der Waals surface area contributed by atoms with Gasteiger partial charge in [-0.2, -0.15) is 0 Å². The number of benzene rings is 9. The molecule has 9 aromatic carbocycles. The molecule has 0 saturated carbocycles. The Bertz CT molecular complexity index is 3090. The zero-order valence-corrected chi connectivity index (χ0v) is 32.0. The molecule has 0 amide bonds. The summed E-state index contributed by atoms with van der Waals surface area (Å²) in [6.07, 6.45) is 2.24. The minimum atomic E-state index is -0.124. The fourth-order valence-electron chi connectivity index (χ4n) is 8.71. The molecule has 0 fully saturated rings. The fourth-order valence-corrected chi connectivity index (χ4v) is 9.82. The van der Waals surface area contributed by atoms with Crippen molar-refractivity contribution in [1.29, 1.82) is 0 Å². The number of hydrogen-bond donors (Lipinski definition) is 2. The minimum Gasteiger partial charge on any atom is -0.366 e. The number of thiophene rings is 1. The van der Waals surface area contributed by atoms with E-state index in [1.54, 1.807) is 0 Å². The Morgan fingerprint density at radius 1 is 0.404 bits per heavy atom. The van der Waals surface area contributed by atoms with E-state index in [1.165, 1.54) is 91.8 Å². The predicted molar refractivity (Wildman–Crippen MR) is 243 cm³/mol. The van der Waals surface area contributed by atoms with E-state index in [-0.39, 0.29) is 12.2 Å². The summed E-state index contributed by atoms with van der Waals surface area (Å²) < 4.78 is 1.30. The normalized spacial score (nSPS) is 15.5. The van der Waals surface area contributed by atoms with E-state index < -0.39 is 0 Å². The monoisotopic (exact) mass is 746 g/mol. The highest BCUT2D eigenvalue weighted by Crippen LogP contribution is 2.42. The summed E-state index contributed by atoms with van der Waals surface area (Å²) >= 11 is 1.85. The Morgan fingerprint density at radius 3 is 1.84 bits per heavy atom. The maximum absolute atomic E-state index is 3.98. The van der Waals surface area contributed by atoms with Crippen molar-refractivity contribution < 1.29 is 0 Å². The van der Waals surface area contributed by atoms with Crippen molar-refractivity contribution in [2.24, 2.45) is 0 Å². The van der Waals surface area contributed by atoms with Crippen LogP contribution in [0.15, 0.2) is 206 Å². The van der Waals surface area contributed by atoms with Crippen LogP contribution in [0.1, 0.15) is 28.9 Å². The molecule has 1 aliphatic rings. The summed E-state index contributed by atoms with van der Waals surface area (Å²) in [6.45, 7) is 0. The second kappa shape index (κ2) is 14.1. The quantitative estimate of drug-likeness (QED) is 0.131. The SMILES string of the molecule is C1=C(c2ccccc2-c2cc3ccccc3s2)NC(c2ccc(-c3c4ccccc4cc4c3ccc3ccccc34)cc2)NC1c1ccc(-c2ccccc2)cc1.